The smallest absolute Gasteiger partial charge is 0.387 e. The SMILES string of the molecule is COc1ccc(NC2=Nc3ccccc3N3C2=Nc2c(c(C)nn2-c2ccccc2)C3c2ccccc2OC(F)F)cc1. The molecule has 0 amide bonds. The number of benzene rings is 4. The topological polar surface area (TPSA) is 76.3 Å². The van der Waals surface area contributed by atoms with Gasteiger partial charge in [0, 0.05) is 16.8 Å². The summed E-state index contributed by atoms with van der Waals surface area (Å²) in [5, 5.41) is 8.32. The number of alkyl halides is 2. The van der Waals surface area contributed by atoms with E-state index in [1.165, 1.54) is 0 Å². The van der Waals surface area contributed by atoms with Crippen molar-refractivity contribution in [3.8, 4) is 17.2 Å². The summed E-state index contributed by atoms with van der Waals surface area (Å²) in [6.07, 6.45) is 0. The second kappa shape index (κ2) is 10.7. The van der Waals surface area contributed by atoms with E-state index in [0.717, 1.165) is 28.4 Å². The summed E-state index contributed by atoms with van der Waals surface area (Å²) in [6, 6.07) is 31.1. The Bertz CT molecular complexity index is 1870. The average Bonchev–Trinajstić information content (AvgIpc) is 3.37. The van der Waals surface area contributed by atoms with Crippen LogP contribution in [0.1, 0.15) is 22.9 Å². The predicted octanol–water partition coefficient (Wildman–Crippen LogP) is 7.59. The third-order valence-corrected chi connectivity index (χ3v) is 7.42. The molecule has 1 N–H and O–H groups in total. The van der Waals surface area contributed by atoms with Gasteiger partial charge in [0.1, 0.15) is 11.5 Å². The van der Waals surface area contributed by atoms with Crippen LogP contribution >= 0.6 is 0 Å². The maximum atomic E-state index is 13.7. The zero-order chi connectivity index (χ0) is 29.5. The van der Waals surface area contributed by atoms with Crippen LogP contribution in [0.25, 0.3) is 5.69 Å². The van der Waals surface area contributed by atoms with Crippen LogP contribution in [0.3, 0.4) is 0 Å². The maximum Gasteiger partial charge on any atom is 0.387 e. The van der Waals surface area contributed by atoms with Gasteiger partial charge in [0.25, 0.3) is 0 Å². The van der Waals surface area contributed by atoms with Gasteiger partial charge in [-0.15, -0.1) is 0 Å². The van der Waals surface area contributed by atoms with E-state index in [1.807, 2.05) is 96.8 Å². The number of aryl methyl sites for hydroxylation is 1. The fourth-order valence-electron chi connectivity index (χ4n) is 5.56. The minimum Gasteiger partial charge on any atom is -0.497 e. The number of hydrogen-bond acceptors (Lipinski definition) is 7. The number of aromatic nitrogens is 2. The van der Waals surface area contributed by atoms with Crippen molar-refractivity contribution in [2.24, 2.45) is 9.98 Å². The first-order valence-corrected chi connectivity index (χ1v) is 13.7. The molecule has 10 heteroatoms. The molecule has 0 saturated carbocycles. The van der Waals surface area contributed by atoms with E-state index in [0.29, 0.717) is 34.4 Å². The fourth-order valence-corrected chi connectivity index (χ4v) is 5.56. The Hall–Kier alpha value is -5.51. The molecule has 4 aromatic carbocycles. The van der Waals surface area contributed by atoms with Crippen molar-refractivity contribution in [1.29, 1.82) is 0 Å². The van der Waals surface area contributed by atoms with E-state index in [1.54, 1.807) is 30.0 Å². The molecule has 3 heterocycles. The highest BCUT2D eigenvalue weighted by Gasteiger charge is 2.42. The van der Waals surface area contributed by atoms with E-state index in [2.05, 4.69) is 5.32 Å². The molecule has 1 unspecified atom stereocenters. The van der Waals surface area contributed by atoms with E-state index >= 15 is 0 Å². The Labute approximate surface area is 246 Å². The van der Waals surface area contributed by atoms with Gasteiger partial charge in [-0.1, -0.05) is 48.5 Å². The number of aliphatic imine (C=N–C) groups is 2. The number of fused-ring (bicyclic) bond motifs is 4. The summed E-state index contributed by atoms with van der Waals surface area (Å²) >= 11 is 0. The fraction of sp³-hybridized carbons (Fsp3) is 0.121. The Morgan fingerprint density at radius 1 is 0.837 bits per heavy atom. The summed E-state index contributed by atoms with van der Waals surface area (Å²) in [5.41, 5.74) is 5.10. The molecule has 5 aromatic rings. The van der Waals surface area contributed by atoms with Gasteiger partial charge in [-0.3, -0.25) is 0 Å². The molecule has 0 aliphatic carbocycles. The highest BCUT2D eigenvalue weighted by molar-refractivity contribution is 6.51. The molecule has 0 spiro atoms. The minimum absolute atomic E-state index is 0.0752. The molecule has 2 aliphatic rings. The third-order valence-electron chi connectivity index (χ3n) is 7.42. The molecule has 214 valence electrons. The Morgan fingerprint density at radius 2 is 1.56 bits per heavy atom. The number of methoxy groups -OCH3 is 1. The second-order valence-corrected chi connectivity index (χ2v) is 10.00. The largest absolute Gasteiger partial charge is 0.497 e. The lowest BCUT2D eigenvalue weighted by Gasteiger charge is -2.41. The van der Waals surface area contributed by atoms with Crippen molar-refractivity contribution in [3.05, 3.63) is 120 Å². The molecule has 8 nitrogen and oxygen atoms in total. The van der Waals surface area contributed by atoms with Crippen LogP contribution in [-0.4, -0.2) is 35.2 Å². The zero-order valence-corrected chi connectivity index (χ0v) is 23.3. The van der Waals surface area contributed by atoms with Gasteiger partial charge in [0.05, 0.1) is 35.9 Å². The normalized spacial score (nSPS) is 15.2. The number of nitrogens with one attached hydrogen (secondary N) is 1. The minimum atomic E-state index is -2.99. The number of nitrogens with zero attached hydrogens (tertiary/aromatic N) is 5. The lowest BCUT2D eigenvalue weighted by molar-refractivity contribution is -0.0505. The highest BCUT2D eigenvalue weighted by atomic mass is 19.3. The van der Waals surface area contributed by atoms with Gasteiger partial charge in [-0.05, 0) is 61.5 Å². The van der Waals surface area contributed by atoms with Crippen molar-refractivity contribution in [1.82, 2.24) is 9.78 Å². The highest BCUT2D eigenvalue weighted by Crippen LogP contribution is 2.50. The first-order chi connectivity index (χ1) is 21.0. The summed E-state index contributed by atoms with van der Waals surface area (Å²) < 4.78 is 39.5. The van der Waals surface area contributed by atoms with Gasteiger partial charge >= 0.3 is 6.61 Å². The van der Waals surface area contributed by atoms with Crippen molar-refractivity contribution in [2.45, 2.75) is 19.6 Å². The van der Waals surface area contributed by atoms with Gasteiger partial charge in [0.15, 0.2) is 17.5 Å². The average molecular weight is 577 g/mol. The summed E-state index contributed by atoms with van der Waals surface area (Å²) in [7, 11) is 1.62. The van der Waals surface area contributed by atoms with E-state index in [4.69, 9.17) is 24.6 Å². The number of halogens is 2. The molecule has 1 atom stereocenters. The molecule has 2 aliphatic heterocycles. The van der Waals surface area contributed by atoms with Crippen LogP contribution in [0, 0.1) is 6.92 Å². The second-order valence-electron chi connectivity index (χ2n) is 10.00. The summed E-state index contributed by atoms with van der Waals surface area (Å²) in [5.74, 6) is 2.38. The number of hydrogen-bond donors (Lipinski definition) is 1. The first-order valence-electron chi connectivity index (χ1n) is 13.7. The number of amidine groups is 2. The molecule has 43 heavy (non-hydrogen) atoms. The van der Waals surface area contributed by atoms with Gasteiger partial charge in [-0.25, -0.2) is 14.7 Å². The van der Waals surface area contributed by atoms with Gasteiger partial charge in [-0.2, -0.15) is 13.9 Å². The van der Waals surface area contributed by atoms with Gasteiger partial charge < -0.3 is 19.7 Å². The van der Waals surface area contributed by atoms with Crippen LogP contribution in [-0.2, 0) is 0 Å². The molecular weight excluding hydrogens is 550 g/mol. The molecule has 0 saturated heterocycles. The Kier molecular flexibility index (Phi) is 6.58. The summed E-state index contributed by atoms with van der Waals surface area (Å²) in [6.45, 7) is -1.09. The van der Waals surface area contributed by atoms with E-state index in [-0.39, 0.29) is 5.75 Å². The van der Waals surface area contributed by atoms with Crippen LogP contribution in [0.2, 0.25) is 0 Å². The van der Waals surface area contributed by atoms with Crippen LogP contribution in [0.5, 0.6) is 11.5 Å². The predicted molar refractivity (Wildman–Crippen MR) is 163 cm³/mol. The van der Waals surface area contributed by atoms with Crippen molar-refractivity contribution < 1.29 is 18.3 Å². The molecule has 0 radical (unpaired) electrons. The molecule has 7 rings (SSSR count). The van der Waals surface area contributed by atoms with Crippen LogP contribution in [0.15, 0.2) is 113 Å². The number of para-hydroxylation sites is 4. The Morgan fingerprint density at radius 3 is 2.33 bits per heavy atom. The molecule has 1 aromatic heterocycles. The molecule has 0 bridgehead atoms. The molecular formula is C33H26F2N6O2. The van der Waals surface area contributed by atoms with E-state index in [9.17, 15) is 8.78 Å². The van der Waals surface area contributed by atoms with Crippen molar-refractivity contribution >= 4 is 34.6 Å². The monoisotopic (exact) mass is 576 g/mol. The van der Waals surface area contributed by atoms with Crippen molar-refractivity contribution in [2.75, 3.05) is 17.3 Å². The van der Waals surface area contributed by atoms with Gasteiger partial charge in [0.2, 0.25) is 0 Å². The maximum absolute atomic E-state index is 13.7. The Balaban J connectivity index is 1.49. The lowest BCUT2D eigenvalue weighted by atomic mass is 9.92. The number of anilines is 2. The summed E-state index contributed by atoms with van der Waals surface area (Å²) in [4.78, 5) is 12.2. The van der Waals surface area contributed by atoms with Crippen molar-refractivity contribution in [3.63, 3.8) is 0 Å². The third kappa shape index (κ3) is 4.66. The van der Waals surface area contributed by atoms with E-state index < -0.39 is 12.7 Å². The quantitative estimate of drug-likeness (QED) is 0.225. The zero-order valence-electron chi connectivity index (χ0n) is 23.3. The first kappa shape index (κ1) is 26.4. The standard InChI is InChI=1S/C33H26F2N6O2/c1-20-28-29(24-12-6-9-15-27(24)43-33(34)35)40-26-14-8-7-13-25(26)37-30(36-21-16-18-23(42-2)19-17-21)32(40)38-31(28)41(39-20)22-10-4-3-5-11-22/h3-19,29,33H,1-2H3,(H,36,37). The van der Waals surface area contributed by atoms with Crippen LogP contribution in [0.4, 0.5) is 31.7 Å². The number of rotatable bonds is 6. The number of ether oxygens (including phenoxy) is 2. The van der Waals surface area contributed by atoms with Crippen LogP contribution < -0.4 is 19.7 Å². The molecule has 0 fully saturated rings. The lowest BCUT2D eigenvalue weighted by Crippen LogP contribution is -2.46.